The van der Waals surface area contributed by atoms with Gasteiger partial charge in [-0.25, -0.2) is 4.79 Å². The lowest BCUT2D eigenvalue weighted by molar-refractivity contribution is 0.0627. The van der Waals surface area contributed by atoms with E-state index in [9.17, 15) is 4.79 Å². The lowest BCUT2D eigenvalue weighted by Gasteiger charge is -2.14. The first-order chi connectivity index (χ1) is 23.1. The number of benzene rings is 3. The lowest BCUT2D eigenvalue weighted by atomic mass is 10.0. The molecule has 47 heavy (non-hydrogen) atoms. The van der Waals surface area contributed by atoms with Gasteiger partial charge in [0.05, 0.1) is 18.3 Å². The second kappa shape index (κ2) is 24.1. The van der Waals surface area contributed by atoms with E-state index >= 15 is 0 Å². The Bertz CT molecular complexity index is 1200. The van der Waals surface area contributed by atoms with Crippen LogP contribution in [0.5, 0.6) is 11.5 Å². The molecular formula is C43H62O4. The summed E-state index contributed by atoms with van der Waals surface area (Å²) in [6.45, 7) is 8.14. The molecule has 0 bridgehead atoms. The molecule has 0 aliphatic heterocycles. The predicted octanol–water partition coefficient (Wildman–Crippen LogP) is 13.1. The zero-order valence-electron chi connectivity index (χ0n) is 29.8. The van der Waals surface area contributed by atoms with Gasteiger partial charge in [-0.3, -0.25) is 0 Å². The molecule has 0 aliphatic rings. The van der Waals surface area contributed by atoms with Gasteiger partial charge in [0, 0.05) is 6.61 Å². The van der Waals surface area contributed by atoms with Crippen LogP contribution < -0.4 is 9.47 Å². The van der Waals surface area contributed by atoms with E-state index in [2.05, 4.69) is 45.0 Å². The first kappa shape index (κ1) is 38.3. The van der Waals surface area contributed by atoms with Gasteiger partial charge in [-0.2, -0.15) is 0 Å². The number of esters is 1. The molecule has 3 aromatic carbocycles. The molecule has 0 N–H and O–H groups in total. The second-order valence-corrected chi connectivity index (χ2v) is 13.1. The third-order valence-corrected chi connectivity index (χ3v) is 9.00. The summed E-state index contributed by atoms with van der Waals surface area (Å²) < 4.78 is 17.5. The molecule has 3 rings (SSSR count). The number of ether oxygens (including phenoxy) is 3. The van der Waals surface area contributed by atoms with E-state index < -0.39 is 0 Å². The maximum absolute atomic E-state index is 12.7. The highest BCUT2D eigenvalue weighted by atomic mass is 16.5. The summed E-state index contributed by atoms with van der Waals surface area (Å²) in [5.41, 5.74) is 3.89. The number of hydrogen-bond donors (Lipinski definition) is 0. The molecule has 1 atom stereocenters. The highest BCUT2D eigenvalue weighted by molar-refractivity contribution is 5.91. The van der Waals surface area contributed by atoms with E-state index in [1.165, 1.54) is 108 Å². The maximum atomic E-state index is 12.7. The van der Waals surface area contributed by atoms with Crippen LogP contribution in [0.1, 0.15) is 158 Å². The average Bonchev–Trinajstić information content (AvgIpc) is 3.10. The number of carbonyl (C=O) groups excluding carboxylic acids is 1. The van der Waals surface area contributed by atoms with Crippen LogP contribution >= 0.6 is 0 Å². The van der Waals surface area contributed by atoms with E-state index in [0.29, 0.717) is 17.9 Å². The summed E-state index contributed by atoms with van der Waals surface area (Å²) in [4.78, 5) is 12.7. The van der Waals surface area contributed by atoms with Gasteiger partial charge >= 0.3 is 5.97 Å². The highest BCUT2D eigenvalue weighted by Crippen LogP contribution is 2.26. The lowest BCUT2D eigenvalue weighted by Crippen LogP contribution is -2.08. The Morgan fingerprint density at radius 2 is 0.936 bits per heavy atom. The van der Waals surface area contributed by atoms with Crippen molar-refractivity contribution in [3.63, 3.8) is 0 Å². The molecule has 0 radical (unpaired) electrons. The van der Waals surface area contributed by atoms with Crippen LogP contribution in [0.2, 0.25) is 0 Å². The van der Waals surface area contributed by atoms with Gasteiger partial charge in [-0.05, 0) is 72.9 Å². The van der Waals surface area contributed by atoms with E-state index in [1.807, 2.05) is 36.4 Å². The summed E-state index contributed by atoms with van der Waals surface area (Å²) >= 11 is 0. The molecule has 1 unspecified atom stereocenters. The normalized spacial score (nSPS) is 11.8. The van der Waals surface area contributed by atoms with Crippen molar-refractivity contribution in [2.45, 2.75) is 142 Å². The van der Waals surface area contributed by atoms with Gasteiger partial charge in [0.2, 0.25) is 0 Å². The number of rotatable bonds is 26. The fourth-order valence-corrected chi connectivity index (χ4v) is 5.89. The third kappa shape index (κ3) is 16.0. The molecule has 4 nitrogen and oxygen atoms in total. The van der Waals surface area contributed by atoms with Crippen LogP contribution in [0.15, 0.2) is 72.8 Å². The summed E-state index contributed by atoms with van der Waals surface area (Å²) in [5, 5.41) is 0. The van der Waals surface area contributed by atoms with E-state index in [1.54, 1.807) is 12.1 Å². The smallest absolute Gasteiger partial charge is 0.343 e. The molecule has 0 saturated carbocycles. The molecule has 258 valence electrons. The summed E-state index contributed by atoms with van der Waals surface area (Å²) in [7, 11) is 0. The van der Waals surface area contributed by atoms with Gasteiger partial charge in [-0.1, -0.05) is 153 Å². The van der Waals surface area contributed by atoms with Crippen molar-refractivity contribution in [2.75, 3.05) is 13.2 Å². The number of unbranched alkanes of at least 4 members (excludes halogenated alkanes) is 16. The molecule has 0 saturated heterocycles. The van der Waals surface area contributed by atoms with Crippen molar-refractivity contribution in [2.24, 2.45) is 0 Å². The first-order valence-corrected chi connectivity index (χ1v) is 18.9. The predicted molar refractivity (Wildman–Crippen MR) is 198 cm³/mol. The van der Waals surface area contributed by atoms with Crippen molar-refractivity contribution in [3.8, 4) is 22.6 Å². The standard InChI is InChI=1S/C43H62O4/c1-4-6-8-10-11-12-13-14-15-16-17-18-19-21-34-45-36(3)37-22-24-38(25-23-37)39-26-32-42(33-27-39)47-43(44)40-28-30-41(31-29-40)46-35-20-9-7-5-2/h22-33,36H,4-21,34-35H2,1-3H3. The molecule has 0 aromatic heterocycles. The average molecular weight is 643 g/mol. The van der Waals surface area contributed by atoms with Gasteiger partial charge in [-0.15, -0.1) is 0 Å². The molecule has 0 aliphatic carbocycles. The topological polar surface area (TPSA) is 44.8 Å². The highest BCUT2D eigenvalue weighted by Gasteiger charge is 2.10. The van der Waals surface area contributed by atoms with Crippen molar-refractivity contribution in [1.82, 2.24) is 0 Å². The molecule has 3 aromatic rings. The Labute approximate surface area is 286 Å². The quantitative estimate of drug-likeness (QED) is 0.0496. The number of hydrogen-bond acceptors (Lipinski definition) is 4. The SMILES string of the molecule is CCCCCCCCCCCCCCCCOC(C)c1ccc(-c2ccc(OC(=O)c3ccc(OCCCCCC)cc3)cc2)cc1. The van der Waals surface area contributed by atoms with Crippen LogP contribution in [0.25, 0.3) is 11.1 Å². The van der Waals surface area contributed by atoms with Crippen LogP contribution in [0.4, 0.5) is 0 Å². The molecule has 0 amide bonds. The minimum Gasteiger partial charge on any atom is -0.494 e. The fourth-order valence-electron chi connectivity index (χ4n) is 5.89. The van der Waals surface area contributed by atoms with Gasteiger partial charge in [0.15, 0.2) is 0 Å². The minimum atomic E-state index is -0.375. The molecule has 0 spiro atoms. The Morgan fingerprint density at radius 3 is 1.47 bits per heavy atom. The van der Waals surface area contributed by atoms with Crippen molar-refractivity contribution in [1.29, 1.82) is 0 Å². The van der Waals surface area contributed by atoms with Crippen molar-refractivity contribution in [3.05, 3.63) is 83.9 Å². The van der Waals surface area contributed by atoms with E-state index in [0.717, 1.165) is 36.3 Å². The first-order valence-electron chi connectivity index (χ1n) is 18.9. The maximum Gasteiger partial charge on any atom is 0.343 e. The monoisotopic (exact) mass is 642 g/mol. The Kier molecular flexibility index (Phi) is 19.7. The van der Waals surface area contributed by atoms with Crippen molar-refractivity contribution < 1.29 is 19.0 Å². The third-order valence-electron chi connectivity index (χ3n) is 9.00. The zero-order chi connectivity index (χ0) is 33.4. The zero-order valence-corrected chi connectivity index (χ0v) is 29.8. The second-order valence-electron chi connectivity index (χ2n) is 13.1. The van der Waals surface area contributed by atoms with Crippen LogP contribution in [-0.2, 0) is 4.74 Å². The Balaban J connectivity index is 1.28. The van der Waals surface area contributed by atoms with Gasteiger partial charge in [0.25, 0.3) is 0 Å². The van der Waals surface area contributed by atoms with E-state index in [4.69, 9.17) is 14.2 Å². The Morgan fingerprint density at radius 1 is 0.511 bits per heavy atom. The Hall–Kier alpha value is -3.11. The van der Waals surface area contributed by atoms with E-state index in [-0.39, 0.29) is 12.1 Å². The van der Waals surface area contributed by atoms with Crippen LogP contribution in [0, 0.1) is 0 Å². The van der Waals surface area contributed by atoms with Crippen LogP contribution in [-0.4, -0.2) is 19.2 Å². The fraction of sp³-hybridized carbons (Fsp3) is 0.558. The van der Waals surface area contributed by atoms with Crippen LogP contribution in [0.3, 0.4) is 0 Å². The minimum absolute atomic E-state index is 0.0826. The summed E-state index contributed by atoms with van der Waals surface area (Å²) in [6, 6.07) is 23.4. The summed E-state index contributed by atoms with van der Waals surface area (Å²) in [5.74, 6) is 0.927. The van der Waals surface area contributed by atoms with Gasteiger partial charge < -0.3 is 14.2 Å². The van der Waals surface area contributed by atoms with Gasteiger partial charge in [0.1, 0.15) is 11.5 Å². The molecular weight excluding hydrogens is 580 g/mol. The molecule has 0 fully saturated rings. The molecule has 0 heterocycles. The largest absolute Gasteiger partial charge is 0.494 e. The number of carbonyl (C=O) groups is 1. The summed E-state index contributed by atoms with van der Waals surface area (Å²) in [6.07, 6.45) is 23.9. The molecule has 4 heteroatoms. The van der Waals surface area contributed by atoms with Crippen molar-refractivity contribution >= 4 is 5.97 Å².